The number of carbonyl (C=O) groups excluding carboxylic acids is 1. The van der Waals surface area contributed by atoms with Crippen molar-refractivity contribution in [2.75, 3.05) is 13.1 Å². The second kappa shape index (κ2) is 6.09. The second-order valence-corrected chi connectivity index (χ2v) is 6.05. The summed E-state index contributed by atoms with van der Waals surface area (Å²) in [7, 11) is 0. The zero-order valence-electron chi connectivity index (χ0n) is 15.2. The molecule has 0 aliphatic carbocycles. The Kier molecular flexibility index (Phi) is 3.23. The van der Waals surface area contributed by atoms with E-state index in [4.69, 9.17) is 8.48 Å². The normalized spacial score (nSPS) is 21.2. The summed E-state index contributed by atoms with van der Waals surface area (Å²) in [6, 6.07) is 13.3. The van der Waals surface area contributed by atoms with Gasteiger partial charge in [0, 0.05) is 20.9 Å². The van der Waals surface area contributed by atoms with Crippen molar-refractivity contribution < 1.29 is 7.54 Å². The number of amides is 1. The molecule has 2 heterocycles. The van der Waals surface area contributed by atoms with Crippen LogP contribution in [0.1, 0.15) is 37.4 Å². The Morgan fingerprint density at radius 2 is 2.12 bits per heavy atom. The molecule has 3 N–H and O–H groups in total. The molecular formula is C19H20N4O. The van der Waals surface area contributed by atoms with Gasteiger partial charge in [0.25, 0.3) is 5.91 Å². The highest BCUT2D eigenvalue weighted by molar-refractivity contribution is 6.04. The molecule has 122 valence electrons. The third kappa shape index (κ3) is 2.67. The fourth-order valence-electron chi connectivity index (χ4n) is 3.16. The van der Waals surface area contributed by atoms with Crippen molar-refractivity contribution in [3.05, 3.63) is 59.8 Å². The summed E-state index contributed by atoms with van der Waals surface area (Å²) in [5, 5.41) is 8.54. The van der Waals surface area contributed by atoms with Gasteiger partial charge in [-0.15, -0.1) is 0 Å². The third-order valence-corrected chi connectivity index (χ3v) is 4.46. The predicted octanol–water partition coefficient (Wildman–Crippen LogP) is 2.59. The summed E-state index contributed by atoms with van der Waals surface area (Å²) in [6.07, 6.45) is 1.22. The molecule has 1 aromatic heterocycles. The van der Waals surface area contributed by atoms with Crippen molar-refractivity contribution >= 4 is 16.8 Å². The lowest BCUT2D eigenvalue weighted by atomic mass is 9.92. The molecule has 0 spiro atoms. The Bertz CT molecular complexity index is 965. The van der Waals surface area contributed by atoms with E-state index in [-0.39, 0.29) is 5.92 Å². The highest BCUT2D eigenvalue weighted by atomic mass is 16.1. The van der Waals surface area contributed by atoms with Crippen LogP contribution in [0.3, 0.4) is 0 Å². The van der Waals surface area contributed by atoms with Gasteiger partial charge in [-0.1, -0.05) is 24.3 Å². The smallest absolute Gasteiger partial charge is 0.250 e. The van der Waals surface area contributed by atoms with E-state index in [0.29, 0.717) is 24.0 Å². The summed E-state index contributed by atoms with van der Waals surface area (Å²) < 4.78 is 17.6. The third-order valence-electron chi connectivity index (χ3n) is 4.46. The zero-order chi connectivity index (χ0) is 18.3. The molecule has 5 nitrogen and oxygen atoms in total. The first kappa shape index (κ1) is 12.7. The van der Waals surface area contributed by atoms with Crippen LogP contribution in [0.2, 0.25) is 0 Å². The molecule has 0 radical (unpaired) electrons. The number of nitrogens with one attached hydrogen (secondary N) is 1. The fraction of sp³-hybridized carbons (Fsp3) is 0.263. The van der Waals surface area contributed by atoms with Crippen LogP contribution < -0.4 is 11.1 Å². The fourth-order valence-corrected chi connectivity index (χ4v) is 3.16. The molecule has 0 bridgehead atoms. The molecule has 5 heteroatoms. The maximum absolute atomic E-state index is 11.6. The number of benzene rings is 2. The van der Waals surface area contributed by atoms with E-state index in [0.717, 1.165) is 23.2 Å². The van der Waals surface area contributed by atoms with Crippen molar-refractivity contribution in [2.45, 2.75) is 18.7 Å². The van der Waals surface area contributed by atoms with E-state index < -0.39 is 12.3 Å². The first-order valence-corrected chi connectivity index (χ1v) is 8.02. The van der Waals surface area contributed by atoms with Gasteiger partial charge in [0.1, 0.15) is 5.52 Å². The zero-order valence-corrected chi connectivity index (χ0v) is 13.2. The number of hydrogen-bond acceptors (Lipinski definition) is 3. The van der Waals surface area contributed by atoms with Gasteiger partial charge in [0.05, 0.1) is 11.3 Å². The number of aromatic nitrogens is 2. The molecule has 1 saturated heterocycles. The standard InChI is InChI=1S/C19H20N4O/c20-19(24)17-5-1-3-15-12-23(22-18(15)17)16-8-6-13(7-9-16)14-4-2-10-21-11-14/h1,3,5-9,12,14,21H,2,4,10-11H2,(H2,20,24)/t14-/m0/s1/i2D2. The monoisotopic (exact) mass is 322 g/mol. The topological polar surface area (TPSA) is 72.9 Å². The summed E-state index contributed by atoms with van der Waals surface area (Å²) in [5.41, 5.74) is 8.42. The van der Waals surface area contributed by atoms with Crippen molar-refractivity contribution in [3.63, 3.8) is 0 Å². The summed E-state index contributed by atoms with van der Waals surface area (Å²) in [5.74, 6) is -0.332. The van der Waals surface area contributed by atoms with Gasteiger partial charge in [0.15, 0.2) is 0 Å². The molecule has 24 heavy (non-hydrogen) atoms. The van der Waals surface area contributed by atoms with Gasteiger partial charge in [-0.05, 0) is 49.0 Å². The molecule has 1 aliphatic rings. The lowest BCUT2D eigenvalue weighted by Gasteiger charge is -2.23. The van der Waals surface area contributed by atoms with Gasteiger partial charge in [-0.3, -0.25) is 4.79 Å². The van der Waals surface area contributed by atoms with Crippen LogP contribution in [0, 0.1) is 0 Å². The van der Waals surface area contributed by atoms with Crippen LogP contribution in [-0.4, -0.2) is 28.8 Å². The van der Waals surface area contributed by atoms with Gasteiger partial charge in [0.2, 0.25) is 0 Å². The number of rotatable bonds is 3. The molecule has 4 rings (SSSR count). The molecule has 1 fully saturated rings. The van der Waals surface area contributed by atoms with Crippen LogP contribution in [0.5, 0.6) is 0 Å². The van der Waals surface area contributed by atoms with Crippen LogP contribution in [0.25, 0.3) is 16.6 Å². The van der Waals surface area contributed by atoms with E-state index in [2.05, 4.69) is 10.4 Å². The number of piperidine rings is 1. The SMILES string of the molecule is [2H]C1([2H])CNC[C@@H](c2ccc(-n3cc4cccc(C(N)=O)c4n3)cc2)C1. The molecular weight excluding hydrogens is 300 g/mol. The van der Waals surface area contributed by atoms with Gasteiger partial charge >= 0.3 is 0 Å². The van der Waals surface area contributed by atoms with E-state index in [1.165, 1.54) is 0 Å². The van der Waals surface area contributed by atoms with E-state index in [9.17, 15) is 4.79 Å². The van der Waals surface area contributed by atoms with Crippen molar-refractivity contribution in [3.8, 4) is 5.69 Å². The first-order chi connectivity index (χ1) is 12.4. The Morgan fingerprint density at radius 3 is 2.88 bits per heavy atom. The van der Waals surface area contributed by atoms with E-state index >= 15 is 0 Å². The Labute approximate surface area is 143 Å². The number of fused-ring (bicyclic) bond motifs is 1. The van der Waals surface area contributed by atoms with Crippen molar-refractivity contribution in [1.82, 2.24) is 15.1 Å². The Balaban J connectivity index is 1.64. The van der Waals surface area contributed by atoms with Gasteiger partial charge in [-0.2, -0.15) is 5.10 Å². The lowest BCUT2D eigenvalue weighted by Crippen LogP contribution is -2.28. The first-order valence-electron chi connectivity index (χ1n) is 9.02. The summed E-state index contributed by atoms with van der Waals surface area (Å²) in [6.45, 7) is 1.19. The molecule has 0 saturated carbocycles. The minimum atomic E-state index is -1.17. The minimum absolute atomic E-state index is 0.158. The van der Waals surface area contributed by atoms with Gasteiger partial charge < -0.3 is 11.1 Å². The molecule has 1 amide bonds. The van der Waals surface area contributed by atoms with Crippen molar-refractivity contribution in [1.29, 1.82) is 0 Å². The number of nitrogens with two attached hydrogens (primary N) is 1. The summed E-state index contributed by atoms with van der Waals surface area (Å²) >= 11 is 0. The largest absolute Gasteiger partial charge is 0.366 e. The van der Waals surface area contributed by atoms with Crippen LogP contribution in [0.15, 0.2) is 48.7 Å². The van der Waals surface area contributed by atoms with Crippen LogP contribution in [-0.2, 0) is 0 Å². The average Bonchev–Trinajstić information content (AvgIpc) is 3.05. The Hall–Kier alpha value is -2.66. The highest BCUT2D eigenvalue weighted by Gasteiger charge is 2.15. The number of carbonyl (C=O) groups is 1. The molecule has 0 unspecified atom stereocenters. The maximum Gasteiger partial charge on any atom is 0.250 e. The molecule has 1 atom stereocenters. The minimum Gasteiger partial charge on any atom is -0.366 e. The molecule has 3 aromatic rings. The van der Waals surface area contributed by atoms with Gasteiger partial charge in [-0.25, -0.2) is 4.68 Å². The highest BCUT2D eigenvalue weighted by Crippen LogP contribution is 2.25. The van der Waals surface area contributed by atoms with Crippen LogP contribution >= 0.6 is 0 Å². The lowest BCUT2D eigenvalue weighted by molar-refractivity contribution is 0.100. The maximum atomic E-state index is 11.6. The second-order valence-electron chi connectivity index (χ2n) is 6.05. The van der Waals surface area contributed by atoms with E-state index in [1.54, 1.807) is 16.8 Å². The number of primary amides is 1. The molecule has 2 aromatic carbocycles. The Morgan fingerprint density at radius 1 is 1.29 bits per heavy atom. The van der Waals surface area contributed by atoms with Crippen molar-refractivity contribution in [2.24, 2.45) is 5.73 Å². The quantitative estimate of drug-likeness (QED) is 0.778. The summed E-state index contributed by atoms with van der Waals surface area (Å²) in [4.78, 5) is 11.6. The number of hydrogen-bond donors (Lipinski definition) is 2. The average molecular weight is 322 g/mol. The number of nitrogens with zero attached hydrogens (tertiary/aromatic N) is 2. The van der Waals surface area contributed by atoms with E-state index in [1.807, 2.05) is 36.5 Å². The molecule has 1 aliphatic heterocycles. The van der Waals surface area contributed by atoms with Crippen LogP contribution in [0.4, 0.5) is 0 Å². The predicted molar refractivity (Wildman–Crippen MR) is 94.4 cm³/mol.